The van der Waals surface area contributed by atoms with Gasteiger partial charge in [-0.1, -0.05) is 18.2 Å². The average molecular weight is 242 g/mol. The van der Waals surface area contributed by atoms with Crippen LogP contribution in [0.5, 0.6) is 0 Å². The molecular weight excluding hydrogens is 228 g/mol. The molecule has 0 radical (unpaired) electrons. The first-order chi connectivity index (χ1) is 8.68. The van der Waals surface area contributed by atoms with Crippen molar-refractivity contribution >= 4 is 11.6 Å². The Bertz CT molecular complexity index is 540. The number of benzene rings is 1. The molecule has 5 nitrogen and oxygen atoms in total. The molecule has 1 aromatic heterocycles. The Hall–Kier alpha value is -2.27. The summed E-state index contributed by atoms with van der Waals surface area (Å²) < 4.78 is 0. The molecule has 2 rings (SSSR count). The highest BCUT2D eigenvalue weighted by Crippen LogP contribution is 2.21. The first-order valence-electron chi connectivity index (χ1n) is 5.61. The van der Waals surface area contributed by atoms with E-state index in [0.29, 0.717) is 11.3 Å². The van der Waals surface area contributed by atoms with Crippen molar-refractivity contribution in [2.24, 2.45) is 5.73 Å². The van der Waals surface area contributed by atoms with Gasteiger partial charge in [0.2, 0.25) is 0 Å². The Kier molecular flexibility index (Phi) is 3.64. The maximum Gasteiger partial charge on any atom is 0.257 e. The van der Waals surface area contributed by atoms with Gasteiger partial charge in [0.05, 0.1) is 18.0 Å². The highest BCUT2D eigenvalue weighted by Gasteiger charge is 2.10. The number of anilines is 1. The lowest BCUT2D eigenvalue weighted by molar-refractivity contribution is 0.102. The van der Waals surface area contributed by atoms with E-state index >= 15 is 0 Å². The molecule has 0 bridgehead atoms. The fourth-order valence-corrected chi connectivity index (χ4v) is 1.63. The molecule has 2 aromatic rings. The molecule has 92 valence electrons. The molecule has 0 spiro atoms. The van der Waals surface area contributed by atoms with E-state index in [1.807, 2.05) is 31.2 Å². The number of para-hydroxylation sites is 1. The molecule has 5 heteroatoms. The van der Waals surface area contributed by atoms with Crippen LogP contribution in [0.1, 0.15) is 28.9 Å². The van der Waals surface area contributed by atoms with Crippen LogP contribution in [0.25, 0.3) is 0 Å². The maximum absolute atomic E-state index is 12.0. The van der Waals surface area contributed by atoms with E-state index in [2.05, 4.69) is 15.5 Å². The number of rotatable bonds is 3. The number of amides is 1. The highest BCUT2D eigenvalue weighted by molar-refractivity contribution is 6.04. The molecule has 0 aliphatic rings. The van der Waals surface area contributed by atoms with Gasteiger partial charge in [-0.15, -0.1) is 0 Å². The van der Waals surface area contributed by atoms with Gasteiger partial charge in [-0.3, -0.25) is 4.79 Å². The fourth-order valence-electron chi connectivity index (χ4n) is 1.63. The molecule has 0 saturated heterocycles. The third-order valence-electron chi connectivity index (χ3n) is 2.55. The second kappa shape index (κ2) is 5.37. The second-order valence-corrected chi connectivity index (χ2v) is 3.96. The summed E-state index contributed by atoms with van der Waals surface area (Å²) in [6.45, 7) is 1.87. The number of carbonyl (C=O) groups is 1. The van der Waals surface area contributed by atoms with Crippen molar-refractivity contribution in [2.75, 3.05) is 5.32 Å². The van der Waals surface area contributed by atoms with Gasteiger partial charge in [-0.25, -0.2) is 0 Å². The minimum absolute atomic E-state index is 0.142. The summed E-state index contributed by atoms with van der Waals surface area (Å²) in [5.74, 6) is -0.224. The van der Waals surface area contributed by atoms with Gasteiger partial charge < -0.3 is 11.1 Å². The van der Waals surface area contributed by atoms with Crippen LogP contribution in [0.15, 0.2) is 42.7 Å². The Labute approximate surface area is 105 Å². The van der Waals surface area contributed by atoms with Crippen molar-refractivity contribution in [3.05, 3.63) is 53.9 Å². The summed E-state index contributed by atoms with van der Waals surface area (Å²) in [6, 6.07) is 8.93. The summed E-state index contributed by atoms with van der Waals surface area (Å²) in [4.78, 5) is 12.0. The lowest BCUT2D eigenvalue weighted by Gasteiger charge is -2.13. The van der Waals surface area contributed by atoms with Crippen LogP contribution in [0.2, 0.25) is 0 Å². The number of nitrogens with zero attached hydrogens (tertiary/aromatic N) is 2. The van der Waals surface area contributed by atoms with Crippen LogP contribution in [0, 0.1) is 0 Å². The molecule has 0 fully saturated rings. The van der Waals surface area contributed by atoms with Crippen LogP contribution in [-0.2, 0) is 0 Å². The molecular formula is C13H14N4O. The molecule has 18 heavy (non-hydrogen) atoms. The number of nitrogens with two attached hydrogens (primary N) is 1. The molecule has 0 saturated carbocycles. The van der Waals surface area contributed by atoms with Crippen LogP contribution in [-0.4, -0.2) is 16.1 Å². The van der Waals surface area contributed by atoms with E-state index in [1.165, 1.54) is 12.4 Å². The van der Waals surface area contributed by atoms with Crippen molar-refractivity contribution in [3.63, 3.8) is 0 Å². The number of hydrogen-bond donors (Lipinski definition) is 2. The van der Waals surface area contributed by atoms with Crippen molar-refractivity contribution in [3.8, 4) is 0 Å². The van der Waals surface area contributed by atoms with Gasteiger partial charge >= 0.3 is 0 Å². The summed E-state index contributed by atoms with van der Waals surface area (Å²) >= 11 is 0. The summed E-state index contributed by atoms with van der Waals surface area (Å²) in [5, 5.41) is 10.1. The van der Waals surface area contributed by atoms with E-state index in [9.17, 15) is 4.79 Å². The molecule has 1 unspecified atom stereocenters. The van der Waals surface area contributed by atoms with Crippen LogP contribution in [0.3, 0.4) is 0 Å². The zero-order valence-electron chi connectivity index (χ0n) is 10.00. The van der Waals surface area contributed by atoms with E-state index in [-0.39, 0.29) is 11.9 Å². The highest BCUT2D eigenvalue weighted by atomic mass is 16.1. The third-order valence-corrected chi connectivity index (χ3v) is 2.55. The van der Waals surface area contributed by atoms with E-state index in [1.54, 1.807) is 6.07 Å². The van der Waals surface area contributed by atoms with Crippen molar-refractivity contribution in [1.82, 2.24) is 10.2 Å². The molecule has 1 atom stereocenters. The van der Waals surface area contributed by atoms with Crippen molar-refractivity contribution in [2.45, 2.75) is 13.0 Å². The normalized spacial score (nSPS) is 11.9. The summed E-state index contributed by atoms with van der Waals surface area (Å²) in [7, 11) is 0. The number of aromatic nitrogens is 2. The smallest absolute Gasteiger partial charge is 0.257 e. The SMILES string of the molecule is CC(N)c1ccccc1NC(=O)c1ccnnc1. The van der Waals surface area contributed by atoms with Gasteiger partial charge in [-0.05, 0) is 24.6 Å². The molecule has 1 amide bonds. The van der Waals surface area contributed by atoms with Gasteiger partial charge in [0.1, 0.15) is 0 Å². The van der Waals surface area contributed by atoms with Crippen molar-refractivity contribution < 1.29 is 4.79 Å². The Morgan fingerprint density at radius 2 is 2.06 bits per heavy atom. The van der Waals surface area contributed by atoms with E-state index in [4.69, 9.17) is 5.73 Å². The molecule has 3 N–H and O–H groups in total. The topological polar surface area (TPSA) is 80.9 Å². The lowest BCUT2D eigenvalue weighted by atomic mass is 10.1. The fraction of sp³-hybridized carbons (Fsp3) is 0.154. The van der Waals surface area contributed by atoms with Gasteiger partial charge in [0, 0.05) is 11.7 Å². The van der Waals surface area contributed by atoms with Gasteiger partial charge in [-0.2, -0.15) is 10.2 Å². The Morgan fingerprint density at radius 3 is 2.72 bits per heavy atom. The molecule has 1 heterocycles. The standard InChI is InChI=1S/C13H14N4O/c1-9(14)11-4-2-3-5-12(11)17-13(18)10-6-7-15-16-8-10/h2-9H,14H2,1H3,(H,17,18). The molecule has 0 aliphatic carbocycles. The zero-order valence-corrected chi connectivity index (χ0v) is 10.00. The monoisotopic (exact) mass is 242 g/mol. The Balaban J connectivity index is 2.22. The molecule has 0 aliphatic heterocycles. The van der Waals surface area contributed by atoms with E-state index < -0.39 is 0 Å². The lowest BCUT2D eigenvalue weighted by Crippen LogP contribution is -2.16. The number of nitrogens with one attached hydrogen (secondary N) is 1. The Morgan fingerprint density at radius 1 is 1.28 bits per heavy atom. The number of hydrogen-bond acceptors (Lipinski definition) is 4. The van der Waals surface area contributed by atoms with Gasteiger partial charge in [0.25, 0.3) is 5.91 Å². The third kappa shape index (κ3) is 2.70. The predicted molar refractivity (Wildman–Crippen MR) is 69.0 cm³/mol. The van der Waals surface area contributed by atoms with Crippen LogP contribution < -0.4 is 11.1 Å². The van der Waals surface area contributed by atoms with Crippen LogP contribution >= 0.6 is 0 Å². The van der Waals surface area contributed by atoms with Gasteiger partial charge in [0.15, 0.2) is 0 Å². The quantitative estimate of drug-likeness (QED) is 0.859. The second-order valence-electron chi connectivity index (χ2n) is 3.96. The summed E-state index contributed by atoms with van der Waals surface area (Å²) in [5.41, 5.74) is 7.93. The minimum atomic E-state index is -0.224. The first kappa shape index (κ1) is 12.2. The minimum Gasteiger partial charge on any atom is -0.324 e. The molecule has 1 aromatic carbocycles. The number of carbonyl (C=O) groups excluding carboxylic acids is 1. The average Bonchev–Trinajstić information content (AvgIpc) is 2.40. The van der Waals surface area contributed by atoms with Crippen LogP contribution in [0.4, 0.5) is 5.69 Å². The zero-order chi connectivity index (χ0) is 13.0. The first-order valence-corrected chi connectivity index (χ1v) is 5.61. The van der Waals surface area contributed by atoms with Crippen molar-refractivity contribution in [1.29, 1.82) is 0 Å². The summed E-state index contributed by atoms with van der Waals surface area (Å²) in [6.07, 6.45) is 2.90. The predicted octanol–water partition coefficient (Wildman–Crippen LogP) is 1.75. The van der Waals surface area contributed by atoms with E-state index in [0.717, 1.165) is 5.56 Å². The maximum atomic E-state index is 12.0. The largest absolute Gasteiger partial charge is 0.324 e.